The van der Waals surface area contributed by atoms with Crippen molar-refractivity contribution in [3.05, 3.63) is 29.8 Å². The molecule has 6 nitrogen and oxygen atoms in total. The molecule has 1 aliphatic rings. The standard InChI is InChI=1S/C16H22N2O4/c1-12-2-4-13(5-3-12)22-14-6-8-18(9-7-14)11-15(19)17-10-16(20)21/h2-5,14H,6-11H2,1H3,(H,17,19)(H,20,21). The lowest BCUT2D eigenvalue weighted by Gasteiger charge is -2.31. The summed E-state index contributed by atoms with van der Waals surface area (Å²) < 4.78 is 5.94. The van der Waals surface area contributed by atoms with Crippen LogP contribution in [0.3, 0.4) is 0 Å². The van der Waals surface area contributed by atoms with Crippen LogP contribution in [0.2, 0.25) is 0 Å². The summed E-state index contributed by atoms with van der Waals surface area (Å²) in [6.07, 6.45) is 1.89. The van der Waals surface area contributed by atoms with Gasteiger partial charge in [-0.1, -0.05) is 17.7 Å². The van der Waals surface area contributed by atoms with E-state index in [1.165, 1.54) is 5.56 Å². The second kappa shape index (κ2) is 7.79. The van der Waals surface area contributed by atoms with Crippen molar-refractivity contribution in [2.24, 2.45) is 0 Å². The van der Waals surface area contributed by atoms with E-state index >= 15 is 0 Å². The second-order valence-electron chi connectivity index (χ2n) is 5.58. The van der Waals surface area contributed by atoms with Gasteiger partial charge in [-0.05, 0) is 31.9 Å². The van der Waals surface area contributed by atoms with E-state index in [4.69, 9.17) is 9.84 Å². The fourth-order valence-electron chi connectivity index (χ4n) is 2.43. The van der Waals surface area contributed by atoms with E-state index in [-0.39, 0.29) is 25.1 Å². The molecule has 0 aliphatic carbocycles. The quantitative estimate of drug-likeness (QED) is 0.821. The highest BCUT2D eigenvalue weighted by molar-refractivity contribution is 5.82. The summed E-state index contributed by atoms with van der Waals surface area (Å²) in [7, 11) is 0. The maximum absolute atomic E-state index is 11.6. The smallest absolute Gasteiger partial charge is 0.322 e. The van der Waals surface area contributed by atoms with Crippen molar-refractivity contribution < 1.29 is 19.4 Å². The molecule has 1 aromatic carbocycles. The number of nitrogens with one attached hydrogen (secondary N) is 1. The number of aryl methyl sites for hydroxylation is 1. The molecule has 1 amide bonds. The van der Waals surface area contributed by atoms with E-state index < -0.39 is 5.97 Å². The first-order valence-electron chi connectivity index (χ1n) is 7.47. The van der Waals surface area contributed by atoms with Crippen LogP contribution in [0, 0.1) is 6.92 Å². The summed E-state index contributed by atoms with van der Waals surface area (Å²) in [6.45, 7) is 3.50. The molecule has 6 heteroatoms. The third-order valence-electron chi connectivity index (χ3n) is 3.66. The molecule has 0 saturated carbocycles. The maximum atomic E-state index is 11.6. The lowest BCUT2D eigenvalue weighted by atomic mass is 10.1. The summed E-state index contributed by atoms with van der Waals surface area (Å²) >= 11 is 0. The average Bonchev–Trinajstić information content (AvgIpc) is 2.49. The van der Waals surface area contributed by atoms with Crippen LogP contribution < -0.4 is 10.1 Å². The number of carbonyl (C=O) groups excluding carboxylic acids is 1. The van der Waals surface area contributed by atoms with Gasteiger partial charge in [0.25, 0.3) is 0 Å². The Morgan fingerprint density at radius 2 is 1.91 bits per heavy atom. The molecular formula is C16H22N2O4. The molecule has 1 aliphatic heterocycles. The average molecular weight is 306 g/mol. The minimum atomic E-state index is -1.03. The van der Waals surface area contributed by atoms with Crippen molar-refractivity contribution >= 4 is 11.9 Å². The topological polar surface area (TPSA) is 78.9 Å². The van der Waals surface area contributed by atoms with Gasteiger partial charge in [-0.25, -0.2) is 0 Å². The zero-order chi connectivity index (χ0) is 15.9. The molecule has 120 valence electrons. The van der Waals surface area contributed by atoms with Gasteiger partial charge in [-0.2, -0.15) is 0 Å². The van der Waals surface area contributed by atoms with Crippen LogP contribution in [0.4, 0.5) is 0 Å². The Labute approximate surface area is 130 Å². The summed E-state index contributed by atoms with van der Waals surface area (Å²) in [5.74, 6) is -0.401. The van der Waals surface area contributed by atoms with Gasteiger partial charge in [0.05, 0.1) is 6.54 Å². The van der Waals surface area contributed by atoms with Crippen LogP contribution >= 0.6 is 0 Å². The molecule has 1 aromatic rings. The van der Waals surface area contributed by atoms with Crippen molar-refractivity contribution in [3.63, 3.8) is 0 Å². The number of ether oxygens (including phenoxy) is 1. The molecule has 0 atom stereocenters. The summed E-state index contributed by atoms with van der Waals surface area (Å²) in [5.41, 5.74) is 1.20. The Bertz CT molecular complexity index is 507. The Morgan fingerprint density at radius 3 is 2.50 bits per heavy atom. The van der Waals surface area contributed by atoms with Crippen molar-refractivity contribution in [2.75, 3.05) is 26.2 Å². The predicted octanol–water partition coefficient (Wildman–Crippen LogP) is 1.04. The molecule has 0 radical (unpaired) electrons. The molecule has 0 spiro atoms. The molecule has 2 N–H and O–H groups in total. The first-order valence-corrected chi connectivity index (χ1v) is 7.47. The Kier molecular flexibility index (Phi) is 5.77. The number of carbonyl (C=O) groups is 2. The minimum absolute atomic E-state index is 0.168. The summed E-state index contributed by atoms with van der Waals surface area (Å²) in [4.78, 5) is 24.0. The number of hydrogen-bond acceptors (Lipinski definition) is 4. The maximum Gasteiger partial charge on any atom is 0.322 e. The van der Waals surface area contributed by atoms with Gasteiger partial charge >= 0.3 is 5.97 Å². The van der Waals surface area contributed by atoms with Gasteiger partial charge in [-0.15, -0.1) is 0 Å². The molecule has 1 heterocycles. The predicted molar refractivity (Wildman–Crippen MR) is 81.9 cm³/mol. The number of benzene rings is 1. The second-order valence-corrected chi connectivity index (χ2v) is 5.58. The summed E-state index contributed by atoms with van der Waals surface area (Å²) in [5, 5.41) is 10.9. The van der Waals surface area contributed by atoms with E-state index in [1.807, 2.05) is 36.1 Å². The third-order valence-corrected chi connectivity index (χ3v) is 3.66. The molecule has 0 bridgehead atoms. The van der Waals surface area contributed by atoms with Gasteiger partial charge in [0, 0.05) is 13.1 Å². The van der Waals surface area contributed by atoms with E-state index in [1.54, 1.807) is 0 Å². The number of likely N-dealkylation sites (tertiary alicyclic amines) is 1. The molecule has 0 unspecified atom stereocenters. The van der Waals surface area contributed by atoms with Crippen molar-refractivity contribution in [1.82, 2.24) is 10.2 Å². The van der Waals surface area contributed by atoms with Gasteiger partial charge in [0.2, 0.25) is 5.91 Å². The molecule has 1 fully saturated rings. The highest BCUT2D eigenvalue weighted by Gasteiger charge is 2.22. The zero-order valence-corrected chi connectivity index (χ0v) is 12.7. The lowest BCUT2D eigenvalue weighted by Crippen LogP contribution is -2.44. The minimum Gasteiger partial charge on any atom is -0.490 e. The molecule has 22 heavy (non-hydrogen) atoms. The molecule has 0 aromatic heterocycles. The highest BCUT2D eigenvalue weighted by Crippen LogP contribution is 2.19. The van der Waals surface area contributed by atoms with Crippen molar-refractivity contribution in [1.29, 1.82) is 0 Å². The zero-order valence-electron chi connectivity index (χ0n) is 12.7. The Morgan fingerprint density at radius 1 is 1.27 bits per heavy atom. The Balaban J connectivity index is 1.70. The third kappa shape index (κ3) is 5.37. The monoisotopic (exact) mass is 306 g/mol. The van der Waals surface area contributed by atoms with Crippen LogP contribution in [0.1, 0.15) is 18.4 Å². The van der Waals surface area contributed by atoms with Gasteiger partial charge in [0.1, 0.15) is 18.4 Å². The number of piperidine rings is 1. The van der Waals surface area contributed by atoms with E-state index in [9.17, 15) is 9.59 Å². The first-order chi connectivity index (χ1) is 10.5. The largest absolute Gasteiger partial charge is 0.490 e. The number of amides is 1. The lowest BCUT2D eigenvalue weighted by molar-refractivity contribution is -0.138. The van der Waals surface area contributed by atoms with Crippen LogP contribution in [-0.4, -0.2) is 54.2 Å². The van der Waals surface area contributed by atoms with Gasteiger partial charge in [0.15, 0.2) is 0 Å². The van der Waals surface area contributed by atoms with Crippen LogP contribution in [-0.2, 0) is 9.59 Å². The number of hydrogen-bond donors (Lipinski definition) is 2. The van der Waals surface area contributed by atoms with E-state index in [0.29, 0.717) is 0 Å². The van der Waals surface area contributed by atoms with Gasteiger partial charge < -0.3 is 15.2 Å². The number of nitrogens with zero attached hydrogens (tertiary/aromatic N) is 1. The first kappa shape index (κ1) is 16.3. The molecular weight excluding hydrogens is 284 g/mol. The molecule has 1 saturated heterocycles. The highest BCUT2D eigenvalue weighted by atomic mass is 16.5. The van der Waals surface area contributed by atoms with Crippen LogP contribution in [0.25, 0.3) is 0 Å². The van der Waals surface area contributed by atoms with Crippen molar-refractivity contribution in [3.8, 4) is 5.75 Å². The van der Waals surface area contributed by atoms with E-state index in [2.05, 4.69) is 5.32 Å². The van der Waals surface area contributed by atoms with Crippen LogP contribution in [0.5, 0.6) is 5.75 Å². The fourth-order valence-corrected chi connectivity index (χ4v) is 2.43. The molecule has 2 rings (SSSR count). The summed E-state index contributed by atoms with van der Waals surface area (Å²) in [6, 6.07) is 8.00. The SMILES string of the molecule is Cc1ccc(OC2CCN(CC(=O)NCC(=O)O)CC2)cc1. The number of aliphatic carboxylic acids is 1. The van der Waals surface area contributed by atoms with Gasteiger partial charge in [-0.3, -0.25) is 14.5 Å². The fraction of sp³-hybridized carbons (Fsp3) is 0.500. The number of rotatable bonds is 6. The Hall–Kier alpha value is -2.08. The van der Waals surface area contributed by atoms with Crippen molar-refractivity contribution in [2.45, 2.75) is 25.9 Å². The normalized spacial score (nSPS) is 16.2. The number of carboxylic acid groups (broad SMARTS) is 1. The van der Waals surface area contributed by atoms with E-state index in [0.717, 1.165) is 31.7 Å². The number of carboxylic acids is 1. The van der Waals surface area contributed by atoms with Crippen LogP contribution in [0.15, 0.2) is 24.3 Å².